The van der Waals surface area contributed by atoms with Gasteiger partial charge in [0.2, 0.25) is 0 Å². The fourth-order valence-corrected chi connectivity index (χ4v) is 1.30. The second-order valence-corrected chi connectivity index (χ2v) is 3.32. The van der Waals surface area contributed by atoms with Crippen LogP contribution in [-0.2, 0) is 13.5 Å². The van der Waals surface area contributed by atoms with Crippen molar-refractivity contribution in [3.8, 4) is 0 Å². The lowest BCUT2D eigenvalue weighted by molar-refractivity contribution is 0.689. The monoisotopic (exact) mass is 166 g/mol. The number of nitrogens with two attached hydrogens (primary N) is 1. The van der Waals surface area contributed by atoms with Gasteiger partial charge >= 0.3 is 0 Å². The zero-order chi connectivity index (χ0) is 8.55. The predicted molar refractivity (Wildman–Crippen MR) is 45.7 cm³/mol. The van der Waals surface area contributed by atoms with Crippen LogP contribution < -0.4 is 5.73 Å². The van der Waals surface area contributed by atoms with Crippen molar-refractivity contribution in [2.75, 3.05) is 6.54 Å². The van der Waals surface area contributed by atoms with Crippen LogP contribution in [0.4, 0.5) is 0 Å². The van der Waals surface area contributed by atoms with Crippen LogP contribution in [-0.4, -0.2) is 21.3 Å². The molecule has 0 bridgehead atoms. The van der Waals surface area contributed by atoms with Crippen LogP contribution in [0.25, 0.3) is 0 Å². The maximum atomic E-state index is 5.45. The molecule has 1 saturated carbocycles. The number of rotatable bonds is 3. The quantitative estimate of drug-likeness (QED) is 0.697. The summed E-state index contributed by atoms with van der Waals surface area (Å²) in [6.45, 7) is 0.649. The van der Waals surface area contributed by atoms with Crippen LogP contribution in [0.15, 0.2) is 0 Å². The molecule has 0 amide bonds. The number of aromatic nitrogens is 3. The third-order valence-electron chi connectivity index (χ3n) is 2.18. The molecular weight excluding hydrogens is 152 g/mol. The van der Waals surface area contributed by atoms with E-state index < -0.39 is 0 Å². The van der Waals surface area contributed by atoms with E-state index in [0.717, 1.165) is 18.1 Å². The summed E-state index contributed by atoms with van der Waals surface area (Å²) in [7, 11) is 1.93. The molecule has 4 heteroatoms. The van der Waals surface area contributed by atoms with Gasteiger partial charge in [0.1, 0.15) is 5.82 Å². The fourth-order valence-electron chi connectivity index (χ4n) is 1.30. The van der Waals surface area contributed by atoms with Gasteiger partial charge in [-0.3, -0.25) is 4.68 Å². The van der Waals surface area contributed by atoms with Gasteiger partial charge < -0.3 is 5.73 Å². The van der Waals surface area contributed by atoms with Gasteiger partial charge in [-0.2, -0.15) is 5.10 Å². The first-order valence-electron chi connectivity index (χ1n) is 4.41. The van der Waals surface area contributed by atoms with Crippen LogP contribution >= 0.6 is 0 Å². The van der Waals surface area contributed by atoms with Crippen LogP contribution in [0.5, 0.6) is 0 Å². The van der Waals surface area contributed by atoms with E-state index in [9.17, 15) is 0 Å². The highest BCUT2D eigenvalue weighted by atomic mass is 15.3. The molecule has 4 nitrogen and oxygen atoms in total. The Morgan fingerprint density at radius 1 is 1.58 bits per heavy atom. The first kappa shape index (κ1) is 7.73. The largest absolute Gasteiger partial charge is 0.330 e. The van der Waals surface area contributed by atoms with Crippen molar-refractivity contribution in [2.24, 2.45) is 12.8 Å². The normalized spacial score (nSPS) is 16.8. The Morgan fingerprint density at radius 2 is 2.33 bits per heavy atom. The summed E-state index contributed by atoms with van der Waals surface area (Å²) in [6, 6.07) is 0. The highest BCUT2D eigenvalue weighted by Gasteiger charge is 2.28. The van der Waals surface area contributed by atoms with Crippen molar-refractivity contribution in [3.05, 3.63) is 11.6 Å². The highest BCUT2D eigenvalue weighted by Crippen LogP contribution is 2.37. The molecule has 1 heterocycles. The van der Waals surface area contributed by atoms with Crippen LogP contribution in [0, 0.1) is 0 Å². The minimum atomic E-state index is 0.641. The van der Waals surface area contributed by atoms with E-state index in [0.29, 0.717) is 12.5 Å². The highest BCUT2D eigenvalue weighted by molar-refractivity contribution is 5.06. The van der Waals surface area contributed by atoms with Crippen molar-refractivity contribution < 1.29 is 0 Å². The molecule has 2 rings (SSSR count). The molecule has 0 atom stereocenters. The molecule has 0 spiro atoms. The maximum Gasteiger partial charge on any atom is 0.154 e. The number of hydrogen-bond donors (Lipinski definition) is 1. The second kappa shape index (κ2) is 2.86. The molecule has 66 valence electrons. The first-order chi connectivity index (χ1) is 5.81. The zero-order valence-electron chi connectivity index (χ0n) is 7.32. The van der Waals surface area contributed by atoms with E-state index in [-0.39, 0.29) is 0 Å². The van der Waals surface area contributed by atoms with E-state index in [1.807, 2.05) is 11.7 Å². The minimum Gasteiger partial charge on any atom is -0.330 e. The summed E-state index contributed by atoms with van der Waals surface area (Å²) >= 11 is 0. The van der Waals surface area contributed by atoms with E-state index in [1.165, 1.54) is 12.8 Å². The van der Waals surface area contributed by atoms with Crippen LogP contribution in [0.3, 0.4) is 0 Å². The molecular formula is C8H14N4. The number of aryl methyl sites for hydroxylation is 1. The summed E-state index contributed by atoms with van der Waals surface area (Å²) in [4.78, 5) is 4.43. The van der Waals surface area contributed by atoms with Crippen LogP contribution in [0.2, 0.25) is 0 Å². The Balaban J connectivity index is 2.18. The van der Waals surface area contributed by atoms with Gasteiger partial charge in [0.05, 0.1) is 0 Å². The minimum absolute atomic E-state index is 0.641. The van der Waals surface area contributed by atoms with Crippen LogP contribution in [0.1, 0.15) is 30.4 Å². The summed E-state index contributed by atoms with van der Waals surface area (Å²) in [5, 5.41) is 4.34. The van der Waals surface area contributed by atoms with E-state index in [1.54, 1.807) is 0 Å². The molecule has 1 aliphatic carbocycles. The van der Waals surface area contributed by atoms with E-state index in [4.69, 9.17) is 5.73 Å². The Morgan fingerprint density at radius 3 is 2.92 bits per heavy atom. The molecule has 12 heavy (non-hydrogen) atoms. The Kier molecular flexibility index (Phi) is 1.84. The third-order valence-corrected chi connectivity index (χ3v) is 2.18. The molecule has 0 saturated heterocycles. The summed E-state index contributed by atoms with van der Waals surface area (Å²) in [5.41, 5.74) is 5.45. The van der Waals surface area contributed by atoms with Gasteiger partial charge in [-0.1, -0.05) is 0 Å². The van der Waals surface area contributed by atoms with Gasteiger partial charge in [0.15, 0.2) is 5.82 Å². The molecule has 1 aliphatic rings. The van der Waals surface area contributed by atoms with E-state index in [2.05, 4.69) is 10.1 Å². The molecule has 1 aromatic heterocycles. The molecule has 1 fully saturated rings. The number of nitrogens with zero attached hydrogens (tertiary/aromatic N) is 3. The van der Waals surface area contributed by atoms with Gasteiger partial charge in [-0.05, 0) is 19.4 Å². The van der Waals surface area contributed by atoms with Gasteiger partial charge in [0.25, 0.3) is 0 Å². The Hall–Kier alpha value is -0.900. The van der Waals surface area contributed by atoms with Crippen molar-refractivity contribution in [3.63, 3.8) is 0 Å². The average molecular weight is 166 g/mol. The predicted octanol–water partition coefficient (Wildman–Crippen LogP) is 0.194. The topological polar surface area (TPSA) is 56.7 Å². The average Bonchev–Trinajstić information content (AvgIpc) is 2.80. The fraction of sp³-hybridized carbons (Fsp3) is 0.750. The van der Waals surface area contributed by atoms with Crippen molar-refractivity contribution >= 4 is 0 Å². The third kappa shape index (κ3) is 1.34. The second-order valence-electron chi connectivity index (χ2n) is 3.32. The van der Waals surface area contributed by atoms with Gasteiger partial charge in [-0.25, -0.2) is 4.98 Å². The zero-order valence-corrected chi connectivity index (χ0v) is 7.32. The Bertz CT molecular complexity index is 275. The molecule has 0 unspecified atom stereocenters. The lowest BCUT2D eigenvalue weighted by Gasteiger charge is -1.93. The van der Waals surface area contributed by atoms with Crippen molar-refractivity contribution in [1.82, 2.24) is 14.8 Å². The SMILES string of the molecule is Cn1nc(C2CC2)nc1CCN. The number of hydrogen-bond acceptors (Lipinski definition) is 3. The maximum absolute atomic E-state index is 5.45. The van der Waals surface area contributed by atoms with Gasteiger partial charge in [-0.15, -0.1) is 0 Å². The smallest absolute Gasteiger partial charge is 0.154 e. The lowest BCUT2D eigenvalue weighted by Crippen LogP contribution is -2.08. The standard InChI is InChI=1S/C8H14N4/c1-12-7(4-5-9)10-8(11-12)6-2-3-6/h6H,2-5,9H2,1H3. The first-order valence-corrected chi connectivity index (χ1v) is 4.41. The lowest BCUT2D eigenvalue weighted by atomic mass is 10.4. The molecule has 0 aromatic carbocycles. The molecule has 0 radical (unpaired) electrons. The summed E-state index contributed by atoms with van der Waals surface area (Å²) < 4.78 is 1.85. The van der Waals surface area contributed by atoms with Crippen molar-refractivity contribution in [2.45, 2.75) is 25.2 Å². The summed E-state index contributed by atoms with van der Waals surface area (Å²) in [5.74, 6) is 2.67. The molecule has 1 aromatic rings. The summed E-state index contributed by atoms with van der Waals surface area (Å²) in [6.07, 6.45) is 3.34. The van der Waals surface area contributed by atoms with Gasteiger partial charge in [0, 0.05) is 19.4 Å². The van der Waals surface area contributed by atoms with Crippen molar-refractivity contribution in [1.29, 1.82) is 0 Å². The van der Waals surface area contributed by atoms with E-state index >= 15 is 0 Å². The molecule has 2 N–H and O–H groups in total. The molecule has 0 aliphatic heterocycles. The Labute approximate surface area is 71.8 Å².